The van der Waals surface area contributed by atoms with Crippen molar-refractivity contribution in [1.29, 1.82) is 5.26 Å². The second kappa shape index (κ2) is 10.9. The molecule has 1 saturated carbocycles. The smallest absolute Gasteiger partial charge is 0.338 e. The maximum atomic E-state index is 12.3. The summed E-state index contributed by atoms with van der Waals surface area (Å²) < 4.78 is 31.7. The number of nitrogens with zero attached hydrogens (tertiary/aromatic N) is 1. The number of sulfonamides is 1. The lowest BCUT2D eigenvalue weighted by molar-refractivity contribution is -0.129. The fraction of sp³-hybridized carbons (Fsp3) is 0.550. The van der Waals surface area contributed by atoms with Crippen molar-refractivity contribution in [2.24, 2.45) is 0 Å². The van der Waals surface area contributed by atoms with Gasteiger partial charge in [0, 0.05) is 19.0 Å². The van der Waals surface area contributed by atoms with E-state index in [1.807, 2.05) is 6.07 Å². The Morgan fingerprint density at radius 2 is 1.79 bits per heavy atom. The highest BCUT2D eigenvalue weighted by Gasteiger charge is 2.23. The molecule has 0 saturated heterocycles. The van der Waals surface area contributed by atoms with Crippen LogP contribution in [0.25, 0.3) is 0 Å². The van der Waals surface area contributed by atoms with E-state index in [4.69, 9.17) is 10.00 Å². The van der Waals surface area contributed by atoms with Gasteiger partial charge in [-0.25, -0.2) is 17.9 Å². The lowest BCUT2D eigenvalue weighted by Gasteiger charge is -2.19. The third-order valence-electron chi connectivity index (χ3n) is 4.78. The van der Waals surface area contributed by atoms with Crippen LogP contribution in [0.3, 0.4) is 0 Å². The molecule has 1 amide bonds. The molecule has 0 spiro atoms. The summed E-state index contributed by atoms with van der Waals surface area (Å²) in [6, 6.07) is 7.19. The Morgan fingerprint density at radius 3 is 2.38 bits per heavy atom. The number of hydrogen-bond donors (Lipinski definition) is 2. The molecule has 0 aliphatic heterocycles. The summed E-state index contributed by atoms with van der Waals surface area (Å²) in [5.74, 6) is -1.03. The van der Waals surface area contributed by atoms with Gasteiger partial charge in [0.2, 0.25) is 10.0 Å². The summed E-state index contributed by atoms with van der Waals surface area (Å²) in [7, 11) is -3.75. The number of nitriles is 1. The highest BCUT2D eigenvalue weighted by atomic mass is 32.2. The SMILES string of the molecule is C[C@H](OC(=O)c1ccc(S(=O)(=O)NCCC#N)cc1)C(=O)NC1CCCCCC1. The molecule has 0 radical (unpaired) electrons. The molecule has 1 aliphatic carbocycles. The van der Waals surface area contributed by atoms with Crippen LogP contribution < -0.4 is 10.0 Å². The van der Waals surface area contributed by atoms with Crippen molar-refractivity contribution in [3.8, 4) is 6.07 Å². The van der Waals surface area contributed by atoms with Crippen LogP contribution in [-0.4, -0.2) is 39.0 Å². The Morgan fingerprint density at radius 1 is 1.17 bits per heavy atom. The first kappa shape index (κ1) is 22.8. The molecule has 2 N–H and O–H groups in total. The number of carbonyl (C=O) groups is 2. The van der Waals surface area contributed by atoms with Gasteiger partial charge in [-0.1, -0.05) is 25.7 Å². The Labute approximate surface area is 171 Å². The number of rotatable bonds is 8. The number of benzene rings is 1. The Bertz CT molecular complexity index is 838. The van der Waals surface area contributed by atoms with Crippen molar-refractivity contribution in [3.05, 3.63) is 29.8 Å². The number of nitrogens with one attached hydrogen (secondary N) is 2. The van der Waals surface area contributed by atoms with Crippen molar-refractivity contribution >= 4 is 21.9 Å². The molecular weight excluding hydrogens is 394 g/mol. The Kier molecular flexibility index (Phi) is 8.61. The number of ether oxygens (including phenoxy) is 1. The molecule has 1 aromatic carbocycles. The normalized spacial score (nSPS) is 16.3. The summed E-state index contributed by atoms with van der Waals surface area (Å²) in [5.41, 5.74) is 0.148. The standard InChI is InChI=1S/C20H27N3O5S/c1-15(19(24)23-17-7-4-2-3-5-8-17)28-20(25)16-9-11-18(12-10-16)29(26,27)22-14-6-13-21/h9-12,15,17,22H,2-8,14H2,1H3,(H,23,24)/t15-/m0/s1. The fourth-order valence-electron chi connectivity index (χ4n) is 3.12. The van der Waals surface area contributed by atoms with Crippen molar-refractivity contribution in [2.75, 3.05) is 6.54 Å². The Hall–Kier alpha value is -2.44. The van der Waals surface area contributed by atoms with Crippen LogP contribution in [0.1, 0.15) is 62.2 Å². The van der Waals surface area contributed by atoms with Gasteiger partial charge in [0.05, 0.1) is 16.5 Å². The molecule has 0 aromatic heterocycles. The largest absolute Gasteiger partial charge is 0.449 e. The van der Waals surface area contributed by atoms with Gasteiger partial charge in [0.15, 0.2) is 6.10 Å². The van der Waals surface area contributed by atoms with E-state index in [0.29, 0.717) is 0 Å². The van der Waals surface area contributed by atoms with E-state index in [1.165, 1.54) is 44.0 Å². The van der Waals surface area contributed by atoms with Crippen molar-refractivity contribution in [1.82, 2.24) is 10.0 Å². The van der Waals surface area contributed by atoms with Gasteiger partial charge in [-0.2, -0.15) is 5.26 Å². The molecule has 0 unspecified atom stereocenters. The molecule has 158 valence electrons. The highest BCUT2D eigenvalue weighted by molar-refractivity contribution is 7.89. The van der Waals surface area contributed by atoms with Crippen LogP contribution >= 0.6 is 0 Å². The van der Waals surface area contributed by atoms with Gasteiger partial charge in [-0.3, -0.25) is 4.79 Å². The first-order valence-electron chi connectivity index (χ1n) is 9.81. The average molecular weight is 422 g/mol. The zero-order valence-corrected chi connectivity index (χ0v) is 17.3. The summed E-state index contributed by atoms with van der Waals surface area (Å²) in [6.07, 6.45) is 5.51. The van der Waals surface area contributed by atoms with Crippen molar-refractivity contribution in [2.45, 2.75) is 68.9 Å². The van der Waals surface area contributed by atoms with Gasteiger partial charge in [0.1, 0.15) is 0 Å². The monoisotopic (exact) mass is 421 g/mol. The molecule has 0 heterocycles. The van der Waals surface area contributed by atoms with Crippen LogP contribution in [0.5, 0.6) is 0 Å². The number of carbonyl (C=O) groups excluding carboxylic acids is 2. The van der Waals surface area contributed by atoms with Crippen LogP contribution in [0, 0.1) is 11.3 Å². The second-order valence-corrected chi connectivity index (χ2v) is 8.84. The summed E-state index contributed by atoms with van der Waals surface area (Å²) in [6.45, 7) is 1.53. The molecule has 9 heteroatoms. The number of esters is 1. The van der Waals surface area contributed by atoms with E-state index in [0.717, 1.165) is 25.7 Å². The molecule has 1 aliphatic rings. The Balaban J connectivity index is 1.91. The first-order chi connectivity index (χ1) is 13.8. The summed E-state index contributed by atoms with van der Waals surface area (Å²) in [4.78, 5) is 24.6. The number of hydrogen-bond acceptors (Lipinski definition) is 6. The average Bonchev–Trinajstić information content (AvgIpc) is 2.96. The minimum absolute atomic E-state index is 0.0102. The third-order valence-corrected chi connectivity index (χ3v) is 6.26. The predicted molar refractivity (Wildman–Crippen MR) is 106 cm³/mol. The minimum atomic E-state index is -3.75. The lowest BCUT2D eigenvalue weighted by Crippen LogP contribution is -2.41. The maximum Gasteiger partial charge on any atom is 0.338 e. The fourth-order valence-corrected chi connectivity index (χ4v) is 4.15. The molecule has 2 rings (SSSR count). The van der Waals surface area contributed by atoms with E-state index < -0.39 is 22.1 Å². The molecule has 1 aromatic rings. The molecule has 1 atom stereocenters. The van der Waals surface area contributed by atoms with Gasteiger partial charge in [-0.15, -0.1) is 0 Å². The van der Waals surface area contributed by atoms with Gasteiger partial charge in [0.25, 0.3) is 5.91 Å². The first-order valence-corrected chi connectivity index (χ1v) is 11.3. The third kappa shape index (κ3) is 7.15. The van der Waals surface area contributed by atoms with Gasteiger partial charge < -0.3 is 10.1 Å². The summed E-state index contributed by atoms with van der Waals surface area (Å²) in [5, 5.41) is 11.4. The predicted octanol–water partition coefficient (Wildman–Crippen LogP) is 2.26. The van der Waals surface area contributed by atoms with E-state index in [1.54, 1.807) is 0 Å². The number of amides is 1. The van der Waals surface area contributed by atoms with E-state index in [2.05, 4.69) is 10.0 Å². The lowest BCUT2D eigenvalue weighted by atomic mass is 10.1. The zero-order valence-electron chi connectivity index (χ0n) is 16.5. The van der Waals surface area contributed by atoms with E-state index in [9.17, 15) is 18.0 Å². The van der Waals surface area contributed by atoms with Crippen LogP contribution in [0.15, 0.2) is 29.2 Å². The van der Waals surface area contributed by atoms with Gasteiger partial charge in [-0.05, 0) is 44.0 Å². The second-order valence-electron chi connectivity index (χ2n) is 7.07. The molecule has 29 heavy (non-hydrogen) atoms. The van der Waals surface area contributed by atoms with Crippen molar-refractivity contribution in [3.63, 3.8) is 0 Å². The quantitative estimate of drug-likeness (QED) is 0.377. The molecule has 1 fully saturated rings. The van der Waals surface area contributed by atoms with Gasteiger partial charge >= 0.3 is 5.97 Å². The molecule has 8 nitrogen and oxygen atoms in total. The van der Waals surface area contributed by atoms with E-state index >= 15 is 0 Å². The van der Waals surface area contributed by atoms with Crippen LogP contribution in [0.2, 0.25) is 0 Å². The maximum absolute atomic E-state index is 12.3. The minimum Gasteiger partial charge on any atom is -0.449 e. The topological polar surface area (TPSA) is 125 Å². The van der Waals surface area contributed by atoms with Crippen LogP contribution in [-0.2, 0) is 19.6 Å². The van der Waals surface area contributed by atoms with Crippen LogP contribution in [0.4, 0.5) is 0 Å². The van der Waals surface area contributed by atoms with E-state index in [-0.39, 0.29) is 35.4 Å². The highest BCUT2D eigenvalue weighted by Crippen LogP contribution is 2.17. The zero-order chi connectivity index (χ0) is 21.3. The van der Waals surface area contributed by atoms with Crippen molar-refractivity contribution < 1.29 is 22.7 Å². The summed E-state index contributed by atoms with van der Waals surface area (Å²) >= 11 is 0. The molecule has 0 bridgehead atoms. The molecular formula is C20H27N3O5S.